The van der Waals surface area contributed by atoms with Gasteiger partial charge in [0.05, 0.1) is 13.2 Å². The highest BCUT2D eigenvalue weighted by atomic mass is 16.9. The lowest BCUT2D eigenvalue weighted by molar-refractivity contribution is -0.757. The number of nitrogens with zero attached hydrogens (tertiary/aromatic N) is 1. The maximum atomic E-state index is 12.8. The molecule has 0 aromatic heterocycles. The van der Waals surface area contributed by atoms with E-state index in [9.17, 15) is 25.1 Å². The minimum atomic E-state index is -0.871. The van der Waals surface area contributed by atoms with Gasteiger partial charge in [0.25, 0.3) is 5.09 Å². The number of aliphatic hydroxyl groups is 2. The molecule has 1 fully saturated rings. The molecule has 1 aliphatic carbocycles. The first-order chi connectivity index (χ1) is 18.0. The topological polar surface area (TPSA) is 128 Å². The largest absolute Gasteiger partial charge is 0.484 e. The number of hydrogen-bond acceptors (Lipinski definition) is 8. The maximum absolute atomic E-state index is 12.8. The molecule has 0 radical (unpaired) electrons. The van der Waals surface area contributed by atoms with Gasteiger partial charge in [0, 0.05) is 24.5 Å². The van der Waals surface area contributed by atoms with Gasteiger partial charge < -0.3 is 24.5 Å². The van der Waals surface area contributed by atoms with Crippen LogP contribution in [0, 0.1) is 22.0 Å². The zero-order valence-corrected chi connectivity index (χ0v) is 23.4. The Labute approximate surface area is 226 Å². The van der Waals surface area contributed by atoms with Gasteiger partial charge in [-0.1, -0.05) is 46.5 Å². The van der Waals surface area contributed by atoms with Crippen molar-refractivity contribution in [3.63, 3.8) is 0 Å². The molecule has 9 heteroatoms. The number of ether oxygens (including phenoxy) is 2. The van der Waals surface area contributed by atoms with Gasteiger partial charge >= 0.3 is 5.97 Å². The molecule has 0 unspecified atom stereocenters. The molecular formula is C29H45NO8. The third-order valence-corrected chi connectivity index (χ3v) is 8.52. The van der Waals surface area contributed by atoms with E-state index in [2.05, 4.69) is 25.6 Å². The van der Waals surface area contributed by atoms with E-state index in [1.54, 1.807) is 0 Å². The number of carbonyl (C=O) groups excluding carboxylic acids is 1. The van der Waals surface area contributed by atoms with Crippen molar-refractivity contribution in [2.45, 2.75) is 109 Å². The molecule has 38 heavy (non-hydrogen) atoms. The lowest BCUT2D eigenvalue weighted by Gasteiger charge is -2.50. The van der Waals surface area contributed by atoms with E-state index < -0.39 is 16.7 Å². The zero-order chi connectivity index (χ0) is 27.9. The van der Waals surface area contributed by atoms with Crippen molar-refractivity contribution in [3.8, 4) is 11.5 Å². The first-order valence-corrected chi connectivity index (χ1v) is 14.1. The van der Waals surface area contributed by atoms with Crippen molar-refractivity contribution in [1.29, 1.82) is 0 Å². The highest BCUT2D eigenvalue weighted by Crippen LogP contribution is 2.56. The predicted molar refractivity (Wildman–Crippen MR) is 143 cm³/mol. The van der Waals surface area contributed by atoms with E-state index in [1.165, 1.54) is 6.42 Å². The summed E-state index contributed by atoms with van der Waals surface area (Å²) < 4.78 is 12.5. The second kappa shape index (κ2) is 13.1. The van der Waals surface area contributed by atoms with E-state index in [-0.39, 0.29) is 55.8 Å². The number of rotatable bonds is 14. The van der Waals surface area contributed by atoms with Crippen LogP contribution < -0.4 is 9.47 Å². The number of carbonyl (C=O) groups is 1. The van der Waals surface area contributed by atoms with Crippen LogP contribution in [0.1, 0.15) is 109 Å². The summed E-state index contributed by atoms with van der Waals surface area (Å²) >= 11 is 0. The van der Waals surface area contributed by atoms with Crippen molar-refractivity contribution < 1.29 is 34.4 Å². The lowest BCUT2D eigenvalue weighted by atomic mass is 9.63. The van der Waals surface area contributed by atoms with Crippen molar-refractivity contribution in [2.75, 3.05) is 19.8 Å². The lowest BCUT2D eigenvalue weighted by Crippen LogP contribution is -2.52. The molecule has 0 saturated heterocycles. The Morgan fingerprint density at radius 2 is 1.97 bits per heavy atom. The first-order valence-electron chi connectivity index (χ1n) is 14.1. The van der Waals surface area contributed by atoms with Crippen LogP contribution in [0.25, 0.3) is 0 Å². The second-order valence-corrected chi connectivity index (χ2v) is 11.9. The highest BCUT2D eigenvalue weighted by Gasteiger charge is 2.50. The predicted octanol–water partition coefficient (Wildman–Crippen LogP) is 5.46. The summed E-state index contributed by atoms with van der Waals surface area (Å²) in [4.78, 5) is 27.6. The number of unbranched alkanes of at least 4 members (excludes halogenated alkanes) is 3. The van der Waals surface area contributed by atoms with E-state index in [0.29, 0.717) is 17.9 Å². The van der Waals surface area contributed by atoms with Crippen LogP contribution in [0.2, 0.25) is 0 Å². The van der Waals surface area contributed by atoms with Gasteiger partial charge in [0.15, 0.2) is 0 Å². The molecule has 1 aliphatic heterocycles. The number of hydrogen-bond donors (Lipinski definition) is 2. The van der Waals surface area contributed by atoms with Crippen LogP contribution >= 0.6 is 0 Å². The molecule has 214 valence electrons. The fourth-order valence-corrected chi connectivity index (χ4v) is 6.14. The fourth-order valence-electron chi connectivity index (χ4n) is 6.14. The Balaban J connectivity index is 1.98. The molecule has 1 aromatic rings. The summed E-state index contributed by atoms with van der Waals surface area (Å²) in [5.74, 6) is 0.694. The minimum absolute atomic E-state index is 0.0154. The molecule has 4 atom stereocenters. The number of esters is 1. The quantitative estimate of drug-likeness (QED) is 0.106. The normalized spacial score (nSPS) is 24.6. The van der Waals surface area contributed by atoms with Crippen molar-refractivity contribution in [3.05, 3.63) is 33.4 Å². The average molecular weight is 536 g/mol. The number of benzene rings is 1. The monoisotopic (exact) mass is 535 g/mol. The van der Waals surface area contributed by atoms with E-state index in [4.69, 9.17) is 9.47 Å². The van der Waals surface area contributed by atoms with Gasteiger partial charge in [-0.05, 0) is 74.0 Å². The SMILES string of the molecule is CCCCCCC(C)(C)c1cc(OC(=O)CCCO[N+](=O)[O-])c2c(c1)O[C@@](C)(CO)[C@@H]1CC[C@@H](CO)C[C@@H]21. The molecule has 3 rings (SSSR count). The van der Waals surface area contributed by atoms with Gasteiger partial charge in [0.2, 0.25) is 0 Å². The van der Waals surface area contributed by atoms with Crippen LogP contribution in [0.3, 0.4) is 0 Å². The van der Waals surface area contributed by atoms with Crippen LogP contribution in [0.15, 0.2) is 12.1 Å². The van der Waals surface area contributed by atoms with Crippen molar-refractivity contribution in [1.82, 2.24) is 0 Å². The second-order valence-electron chi connectivity index (χ2n) is 11.9. The van der Waals surface area contributed by atoms with Gasteiger partial charge in [-0.3, -0.25) is 4.79 Å². The molecule has 0 bridgehead atoms. The van der Waals surface area contributed by atoms with Crippen LogP contribution in [0.4, 0.5) is 0 Å². The summed E-state index contributed by atoms with van der Waals surface area (Å²) in [6, 6.07) is 4.00. The van der Waals surface area contributed by atoms with Crippen LogP contribution in [-0.4, -0.2) is 46.7 Å². The van der Waals surface area contributed by atoms with E-state index in [1.807, 2.05) is 19.1 Å². The molecular weight excluding hydrogens is 490 g/mol. The third kappa shape index (κ3) is 7.17. The summed E-state index contributed by atoms with van der Waals surface area (Å²) in [6.45, 7) is 8.27. The summed E-state index contributed by atoms with van der Waals surface area (Å²) in [7, 11) is 0. The minimum Gasteiger partial charge on any atom is -0.484 e. The summed E-state index contributed by atoms with van der Waals surface area (Å²) in [5, 5.41) is 29.9. The molecule has 2 aliphatic rings. The first kappa shape index (κ1) is 30.2. The standard InChI is InChI=1S/C29H45NO8/c1-5-6-7-8-13-28(2,3)21-16-24(37-26(33)10-9-14-36-30(34)35)27-22-15-20(18-31)11-12-23(22)29(4,19-32)38-25(27)17-21/h16-17,20,22-23,31-32H,5-15,18-19H2,1-4H3/t20-,22-,23-,29+/m1/s1. The fraction of sp³-hybridized carbons (Fsp3) is 0.759. The number of aliphatic hydroxyl groups excluding tert-OH is 2. The molecule has 0 spiro atoms. The Morgan fingerprint density at radius 1 is 1.21 bits per heavy atom. The summed E-state index contributed by atoms with van der Waals surface area (Å²) in [6.07, 6.45) is 8.07. The molecule has 2 N–H and O–H groups in total. The Kier molecular flexibility index (Phi) is 10.4. The van der Waals surface area contributed by atoms with Crippen LogP contribution in [0.5, 0.6) is 11.5 Å². The van der Waals surface area contributed by atoms with Gasteiger partial charge in [-0.2, -0.15) is 0 Å². The van der Waals surface area contributed by atoms with Gasteiger partial charge in [0.1, 0.15) is 17.1 Å². The molecule has 0 amide bonds. The Morgan fingerprint density at radius 3 is 2.63 bits per heavy atom. The highest BCUT2D eigenvalue weighted by molar-refractivity contribution is 5.73. The molecule has 9 nitrogen and oxygen atoms in total. The van der Waals surface area contributed by atoms with E-state index >= 15 is 0 Å². The van der Waals surface area contributed by atoms with Crippen LogP contribution in [-0.2, 0) is 15.0 Å². The smallest absolute Gasteiger partial charge is 0.311 e. The zero-order valence-electron chi connectivity index (χ0n) is 23.4. The van der Waals surface area contributed by atoms with Crippen molar-refractivity contribution in [2.24, 2.45) is 11.8 Å². The molecule has 1 saturated carbocycles. The van der Waals surface area contributed by atoms with E-state index in [0.717, 1.165) is 49.7 Å². The average Bonchev–Trinajstić information content (AvgIpc) is 2.88. The molecule has 1 heterocycles. The van der Waals surface area contributed by atoms with Gasteiger partial charge in [-0.15, -0.1) is 10.1 Å². The van der Waals surface area contributed by atoms with Gasteiger partial charge in [-0.25, -0.2) is 0 Å². The van der Waals surface area contributed by atoms with Crippen molar-refractivity contribution >= 4 is 5.97 Å². The Bertz CT molecular complexity index is 964. The third-order valence-electron chi connectivity index (χ3n) is 8.52. The Hall–Kier alpha value is -2.39. The number of fused-ring (bicyclic) bond motifs is 3. The molecule has 1 aromatic carbocycles. The summed E-state index contributed by atoms with van der Waals surface area (Å²) in [5.41, 5.74) is 0.850. The maximum Gasteiger partial charge on any atom is 0.311 e.